The maximum absolute atomic E-state index is 12.6. The van der Waals surface area contributed by atoms with E-state index in [1.807, 2.05) is 6.08 Å². The number of amides is 1. The second-order valence-corrected chi connectivity index (χ2v) is 28.5. The molecular formula is C82H161NO5. The Balaban J connectivity index is 3.35. The standard InChI is InChI=1S/C82H161NO5/c1-3-5-7-9-11-13-15-17-19-21-23-24-25-33-36-39-42-46-50-54-58-62-66-70-74-80(85)79(78-84)83-81(86)75-71-67-63-59-55-51-47-43-40-37-34-31-29-27-26-28-30-32-35-38-41-45-49-53-57-61-65-69-73-77-88-82(87)76-72-68-64-60-56-52-48-44-22-20-18-16-14-12-10-8-6-4-2/h70,74,79-80,84-85H,3-69,71-73,75-78H2,1-2H3,(H,83,86)/b74-70+. The first-order chi connectivity index (χ1) is 43.5. The number of carbonyl (C=O) groups is 2. The van der Waals surface area contributed by atoms with E-state index < -0.39 is 12.1 Å². The van der Waals surface area contributed by atoms with Crippen LogP contribution in [0.2, 0.25) is 0 Å². The highest BCUT2D eigenvalue weighted by molar-refractivity contribution is 5.76. The molecule has 0 aliphatic carbocycles. The van der Waals surface area contributed by atoms with Crippen LogP contribution in [-0.2, 0) is 14.3 Å². The van der Waals surface area contributed by atoms with Crippen molar-refractivity contribution >= 4 is 11.9 Å². The Morgan fingerprint density at radius 3 is 0.773 bits per heavy atom. The fourth-order valence-corrected chi connectivity index (χ4v) is 13.3. The maximum atomic E-state index is 12.6. The fourth-order valence-electron chi connectivity index (χ4n) is 13.3. The minimum Gasteiger partial charge on any atom is -0.466 e. The Hall–Kier alpha value is -1.40. The molecule has 0 aliphatic heterocycles. The van der Waals surface area contributed by atoms with Gasteiger partial charge >= 0.3 is 5.97 Å². The van der Waals surface area contributed by atoms with Gasteiger partial charge in [-0.25, -0.2) is 0 Å². The van der Waals surface area contributed by atoms with Crippen molar-refractivity contribution in [2.45, 2.75) is 488 Å². The molecule has 0 saturated heterocycles. The molecule has 6 nitrogen and oxygen atoms in total. The third-order valence-corrected chi connectivity index (χ3v) is 19.6. The van der Waals surface area contributed by atoms with Crippen LogP contribution in [0.1, 0.15) is 476 Å². The van der Waals surface area contributed by atoms with Crippen molar-refractivity contribution < 1.29 is 24.5 Å². The molecule has 0 fully saturated rings. The van der Waals surface area contributed by atoms with Crippen molar-refractivity contribution in [3.8, 4) is 0 Å². The fraction of sp³-hybridized carbons (Fsp3) is 0.951. The Labute approximate surface area is 552 Å². The number of unbranched alkanes of at least 4 members (excludes halogenated alkanes) is 67. The van der Waals surface area contributed by atoms with Gasteiger partial charge in [-0.2, -0.15) is 0 Å². The molecule has 0 aromatic heterocycles. The van der Waals surface area contributed by atoms with E-state index in [9.17, 15) is 19.8 Å². The molecule has 0 radical (unpaired) electrons. The number of aliphatic hydroxyl groups is 2. The third-order valence-electron chi connectivity index (χ3n) is 19.6. The van der Waals surface area contributed by atoms with Crippen molar-refractivity contribution in [3.63, 3.8) is 0 Å². The molecule has 0 rings (SSSR count). The minimum atomic E-state index is -0.843. The molecule has 0 bridgehead atoms. The first kappa shape index (κ1) is 86.6. The van der Waals surface area contributed by atoms with Crippen LogP contribution in [0.25, 0.3) is 0 Å². The average molecular weight is 1240 g/mol. The average Bonchev–Trinajstić information content (AvgIpc) is 3.58. The van der Waals surface area contributed by atoms with Gasteiger partial charge in [0.25, 0.3) is 0 Å². The van der Waals surface area contributed by atoms with Gasteiger partial charge in [0, 0.05) is 12.8 Å². The number of ether oxygens (including phenoxy) is 1. The summed E-state index contributed by atoms with van der Waals surface area (Å²) in [6.07, 6.45) is 99.2. The monoisotopic (exact) mass is 1240 g/mol. The molecule has 0 aromatic carbocycles. The second-order valence-electron chi connectivity index (χ2n) is 28.5. The molecule has 2 unspecified atom stereocenters. The molecular weight excluding hydrogens is 1080 g/mol. The Morgan fingerprint density at radius 2 is 0.523 bits per heavy atom. The van der Waals surface area contributed by atoms with Crippen molar-refractivity contribution in [3.05, 3.63) is 12.2 Å². The van der Waals surface area contributed by atoms with Crippen LogP contribution in [0.15, 0.2) is 12.2 Å². The highest BCUT2D eigenvalue weighted by Gasteiger charge is 2.18. The quantitative estimate of drug-likeness (QED) is 0.0320. The molecule has 524 valence electrons. The molecule has 0 aromatic rings. The van der Waals surface area contributed by atoms with Gasteiger partial charge in [0.15, 0.2) is 0 Å². The maximum Gasteiger partial charge on any atom is 0.305 e. The molecule has 2 atom stereocenters. The van der Waals surface area contributed by atoms with E-state index in [1.54, 1.807) is 6.08 Å². The minimum absolute atomic E-state index is 0.0251. The van der Waals surface area contributed by atoms with E-state index in [-0.39, 0.29) is 18.5 Å². The van der Waals surface area contributed by atoms with Crippen LogP contribution >= 0.6 is 0 Å². The van der Waals surface area contributed by atoms with Gasteiger partial charge in [0.1, 0.15) is 0 Å². The molecule has 88 heavy (non-hydrogen) atoms. The zero-order chi connectivity index (χ0) is 63.5. The van der Waals surface area contributed by atoms with E-state index in [0.717, 1.165) is 38.5 Å². The second kappa shape index (κ2) is 78.0. The first-order valence-corrected chi connectivity index (χ1v) is 41.0. The largest absolute Gasteiger partial charge is 0.466 e. The number of esters is 1. The normalized spacial score (nSPS) is 12.5. The lowest BCUT2D eigenvalue weighted by Crippen LogP contribution is -2.45. The van der Waals surface area contributed by atoms with Crippen molar-refractivity contribution in [2.24, 2.45) is 0 Å². The van der Waals surface area contributed by atoms with E-state index in [4.69, 9.17) is 4.74 Å². The number of hydrogen-bond donors (Lipinski definition) is 3. The highest BCUT2D eigenvalue weighted by atomic mass is 16.5. The summed E-state index contributed by atoms with van der Waals surface area (Å²) in [4.78, 5) is 24.7. The summed E-state index contributed by atoms with van der Waals surface area (Å²) in [7, 11) is 0. The zero-order valence-corrected chi connectivity index (χ0v) is 60.3. The van der Waals surface area contributed by atoms with E-state index in [0.29, 0.717) is 19.4 Å². The smallest absolute Gasteiger partial charge is 0.305 e. The van der Waals surface area contributed by atoms with Gasteiger partial charge in [-0.05, 0) is 32.1 Å². The predicted octanol–water partition coefficient (Wildman–Crippen LogP) is 27.1. The third kappa shape index (κ3) is 73.6. The highest BCUT2D eigenvalue weighted by Crippen LogP contribution is 2.21. The van der Waals surface area contributed by atoms with E-state index in [2.05, 4.69) is 19.2 Å². The van der Waals surface area contributed by atoms with Crippen molar-refractivity contribution in [1.29, 1.82) is 0 Å². The molecule has 0 aliphatic rings. The van der Waals surface area contributed by atoms with Gasteiger partial charge in [-0.1, -0.05) is 443 Å². The summed E-state index contributed by atoms with van der Waals surface area (Å²) >= 11 is 0. The summed E-state index contributed by atoms with van der Waals surface area (Å²) in [6, 6.07) is -0.626. The lowest BCUT2D eigenvalue weighted by Gasteiger charge is -2.20. The summed E-state index contributed by atoms with van der Waals surface area (Å²) in [5.41, 5.74) is 0. The van der Waals surface area contributed by atoms with Crippen LogP contribution in [-0.4, -0.2) is 47.4 Å². The number of allylic oxidation sites excluding steroid dienone is 1. The number of rotatable bonds is 78. The number of carbonyl (C=O) groups excluding carboxylic acids is 2. The molecule has 6 heteroatoms. The summed E-state index contributed by atoms with van der Waals surface area (Å²) in [6.45, 7) is 4.97. The first-order valence-electron chi connectivity index (χ1n) is 41.0. The summed E-state index contributed by atoms with van der Waals surface area (Å²) in [5.74, 6) is -0.0334. The molecule has 0 spiro atoms. The van der Waals surface area contributed by atoms with Crippen molar-refractivity contribution in [2.75, 3.05) is 13.2 Å². The number of aliphatic hydroxyl groups excluding tert-OH is 2. The van der Waals surface area contributed by atoms with Crippen LogP contribution in [0.3, 0.4) is 0 Å². The molecule has 3 N–H and O–H groups in total. The Kier molecular flexibility index (Phi) is 76.8. The van der Waals surface area contributed by atoms with Crippen LogP contribution in [0, 0.1) is 0 Å². The topological polar surface area (TPSA) is 95.9 Å². The van der Waals surface area contributed by atoms with Gasteiger partial charge in [0.05, 0.1) is 25.4 Å². The molecule has 0 heterocycles. The van der Waals surface area contributed by atoms with E-state index >= 15 is 0 Å². The van der Waals surface area contributed by atoms with Crippen molar-refractivity contribution in [1.82, 2.24) is 5.32 Å². The number of nitrogens with one attached hydrogen (secondary N) is 1. The summed E-state index contributed by atoms with van der Waals surface area (Å²) < 4.78 is 5.52. The lowest BCUT2D eigenvalue weighted by atomic mass is 10.0. The predicted molar refractivity (Wildman–Crippen MR) is 389 cm³/mol. The lowest BCUT2D eigenvalue weighted by molar-refractivity contribution is -0.143. The molecule has 1 amide bonds. The van der Waals surface area contributed by atoms with Crippen LogP contribution in [0.5, 0.6) is 0 Å². The summed E-state index contributed by atoms with van der Waals surface area (Å²) in [5, 5.41) is 23.3. The van der Waals surface area contributed by atoms with Gasteiger partial charge in [-0.3, -0.25) is 9.59 Å². The molecule has 0 saturated carbocycles. The van der Waals surface area contributed by atoms with Crippen LogP contribution < -0.4 is 5.32 Å². The van der Waals surface area contributed by atoms with Crippen LogP contribution in [0.4, 0.5) is 0 Å². The van der Waals surface area contributed by atoms with E-state index in [1.165, 1.54) is 411 Å². The zero-order valence-electron chi connectivity index (χ0n) is 60.3. The van der Waals surface area contributed by atoms with Gasteiger partial charge in [0.2, 0.25) is 5.91 Å². The van der Waals surface area contributed by atoms with Gasteiger partial charge in [-0.15, -0.1) is 0 Å². The SMILES string of the molecule is CCCCCCCCCCCCCCCCCCCCCCCC/C=C/C(O)C(CO)NC(=O)CCCCCCCCCCCCCCCCCCCCCCCCCCCCCCCOC(=O)CCCCCCCCCCCCCCCCCCCC. The number of hydrogen-bond acceptors (Lipinski definition) is 5. The Morgan fingerprint density at radius 1 is 0.307 bits per heavy atom. The van der Waals surface area contributed by atoms with Gasteiger partial charge < -0.3 is 20.3 Å². The Bertz CT molecular complexity index is 1340.